The molecule has 0 aromatic rings. The van der Waals surface area contributed by atoms with Crippen LogP contribution in [0.4, 0.5) is 0 Å². The summed E-state index contributed by atoms with van der Waals surface area (Å²) >= 11 is 5.11. The van der Waals surface area contributed by atoms with Crippen molar-refractivity contribution in [2.75, 3.05) is 5.88 Å². The monoisotopic (exact) mass is 221 g/mol. The van der Waals surface area contributed by atoms with Crippen LogP contribution in [0.5, 0.6) is 0 Å². The van der Waals surface area contributed by atoms with Gasteiger partial charge in [-0.25, -0.2) is 0 Å². The smallest absolute Gasteiger partial charge is 0.235 e. The summed E-state index contributed by atoms with van der Waals surface area (Å²) in [6, 6.07) is -1.35. The van der Waals surface area contributed by atoms with Crippen LogP contribution in [0.3, 0.4) is 0 Å². The summed E-state index contributed by atoms with van der Waals surface area (Å²) in [6.07, 6.45) is -0.755. The molecule has 6 nitrogen and oxygen atoms in total. The number of hydrogen-bond acceptors (Lipinski definition) is 5. The molecule has 0 saturated carbocycles. The van der Waals surface area contributed by atoms with Gasteiger partial charge < -0.3 is 25.1 Å². The number of carboxylic acid groups (broad SMARTS) is 2. The van der Waals surface area contributed by atoms with Gasteiger partial charge in [-0.2, -0.15) is 0 Å². The van der Waals surface area contributed by atoms with Crippen LogP contribution in [-0.2, 0) is 14.4 Å². The predicted octanol–water partition coefficient (Wildman–Crippen LogP) is -3.01. The maximum Gasteiger partial charge on any atom is 0.235 e. The molecule has 0 aliphatic heterocycles. The third-order valence-corrected chi connectivity index (χ3v) is 1.62. The minimum Gasteiger partial charge on any atom is -0.550 e. The normalized spacial score (nSPS) is 11.8. The van der Waals surface area contributed by atoms with Crippen LogP contribution >= 0.6 is 11.6 Å². The molecule has 1 N–H and O–H groups in total. The van der Waals surface area contributed by atoms with Crippen LogP contribution in [0.2, 0.25) is 0 Å². The molecule has 0 fully saturated rings. The molecule has 0 saturated heterocycles. The van der Waals surface area contributed by atoms with Crippen LogP contribution in [-0.4, -0.2) is 29.8 Å². The second kappa shape index (κ2) is 6.20. The Morgan fingerprint density at radius 3 is 2.21 bits per heavy atom. The Balaban J connectivity index is 4.09. The molecule has 0 aromatic carbocycles. The summed E-state index contributed by atoms with van der Waals surface area (Å²) in [5.74, 6) is -4.03. The van der Waals surface area contributed by atoms with E-state index in [0.29, 0.717) is 0 Å². The molecule has 0 spiro atoms. The van der Waals surface area contributed by atoms with Gasteiger partial charge in [-0.1, -0.05) is 0 Å². The fraction of sp³-hybridized carbons (Fsp3) is 0.571. The van der Waals surface area contributed by atoms with Crippen molar-refractivity contribution >= 4 is 29.4 Å². The molecule has 0 unspecified atom stereocenters. The van der Waals surface area contributed by atoms with Gasteiger partial charge in [0.15, 0.2) is 0 Å². The number of carbonyl (C=O) groups excluding carboxylic acids is 3. The van der Waals surface area contributed by atoms with Crippen molar-refractivity contribution in [3.63, 3.8) is 0 Å². The Morgan fingerprint density at radius 2 is 1.86 bits per heavy atom. The third-order valence-electron chi connectivity index (χ3n) is 1.38. The average Bonchev–Trinajstić information content (AvgIpc) is 2.10. The standard InChI is InChI=1S/C7H10ClNO5/c8-3-5(10)9-4(7(13)14)1-2-6(11)12/h4H,1-3H2,(H,9,10)(H,11,12)(H,13,14)/p-2/t4-/m0/s1. The van der Waals surface area contributed by atoms with Crippen molar-refractivity contribution in [1.29, 1.82) is 0 Å². The molecule has 7 heteroatoms. The Morgan fingerprint density at radius 1 is 1.29 bits per heavy atom. The fourth-order valence-electron chi connectivity index (χ4n) is 0.744. The van der Waals surface area contributed by atoms with Gasteiger partial charge in [0.25, 0.3) is 0 Å². The van der Waals surface area contributed by atoms with Gasteiger partial charge in [-0.05, 0) is 12.8 Å². The van der Waals surface area contributed by atoms with Crippen molar-refractivity contribution in [3.8, 4) is 0 Å². The molecular weight excluding hydrogens is 214 g/mol. The van der Waals surface area contributed by atoms with Crippen LogP contribution in [0, 0.1) is 0 Å². The molecule has 0 aliphatic rings. The molecule has 0 aliphatic carbocycles. The fourth-order valence-corrected chi connectivity index (χ4v) is 0.821. The second-order valence-corrected chi connectivity index (χ2v) is 2.75. The number of halogens is 1. The van der Waals surface area contributed by atoms with E-state index in [1.807, 2.05) is 5.32 Å². The van der Waals surface area contributed by atoms with Gasteiger partial charge in [-0.3, -0.25) is 4.79 Å². The first-order valence-electron chi connectivity index (χ1n) is 3.73. The van der Waals surface area contributed by atoms with Gasteiger partial charge in [-0.15, -0.1) is 11.6 Å². The van der Waals surface area contributed by atoms with E-state index >= 15 is 0 Å². The largest absolute Gasteiger partial charge is 0.550 e. The molecule has 80 valence electrons. The molecule has 14 heavy (non-hydrogen) atoms. The lowest BCUT2D eigenvalue weighted by molar-refractivity contribution is -0.310. The van der Waals surface area contributed by atoms with Crippen LogP contribution in [0.15, 0.2) is 0 Å². The number of alkyl halides is 1. The Hall–Kier alpha value is -1.30. The number of nitrogens with one attached hydrogen (secondary N) is 1. The lowest BCUT2D eigenvalue weighted by atomic mass is 10.1. The second-order valence-electron chi connectivity index (χ2n) is 2.48. The summed E-state index contributed by atoms with van der Waals surface area (Å²) < 4.78 is 0. The minimum absolute atomic E-state index is 0.284. The Bertz CT molecular complexity index is 242. The first kappa shape index (κ1) is 12.7. The Kier molecular flexibility index (Phi) is 5.62. The predicted molar refractivity (Wildman–Crippen MR) is 41.9 cm³/mol. The van der Waals surface area contributed by atoms with E-state index in [1.54, 1.807) is 0 Å². The lowest BCUT2D eigenvalue weighted by Crippen LogP contribution is -2.48. The van der Waals surface area contributed by atoms with E-state index in [-0.39, 0.29) is 6.42 Å². The maximum absolute atomic E-state index is 10.7. The molecular formula is C7H8ClNO5-2. The molecule has 0 heterocycles. The number of carboxylic acids is 2. The zero-order chi connectivity index (χ0) is 11.1. The van der Waals surface area contributed by atoms with Crippen molar-refractivity contribution in [2.24, 2.45) is 0 Å². The van der Waals surface area contributed by atoms with Gasteiger partial charge in [0.2, 0.25) is 5.91 Å². The highest BCUT2D eigenvalue weighted by atomic mass is 35.5. The zero-order valence-corrected chi connectivity index (χ0v) is 7.87. The van der Waals surface area contributed by atoms with Crippen molar-refractivity contribution in [1.82, 2.24) is 5.32 Å². The van der Waals surface area contributed by atoms with E-state index in [9.17, 15) is 24.6 Å². The highest BCUT2D eigenvalue weighted by molar-refractivity contribution is 6.27. The van der Waals surface area contributed by atoms with Gasteiger partial charge >= 0.3 is 0 Å². The zero-order valence-electron chi connectivity index (χ0n) is 7.12. The average molecular weight is 222 g/mol. The first-order valence-corrected chi connectivity index (χ1v) is 4.27. The number of carbonyl (C=O) groups is 3. The van der Waals surface area contributed by atoms with E-state index < -0.39 is 36.2 Å². The maximum atomic E-state index is 10.7. The molecule has 0 bridgehead atoms. The summed E-state index contributed by atoms with van der Waals surface area (Å²) in [5.41, 5.74) is 0. The molecule has 0 rings (SSSR count). The highest BCUT2D eigenvalue weighted by Gasteiger charge is 2.12. The first-order chi connectivity index (χ1) is 6.47. The van der Waals surface area contributed by atoms with Crippen LogP contribution in [0.25, 0.3) is 0 Å². The van der Waals surface area contributed by atoms with E-state index in [4.69, 9.17) is 11.6 Å². The van der Waals surface area contributed by atoms with Gasteiger partial charge in [0.05, 0.1) is 12.0 Å². The van der Waals surface area contributed by atoms with Crippen molar-refractivity contribution < 1.29 is 24.6 Å². The van der Waals surface area contributed by atoms with Crippen LogP contribution < -0.4 is 15.5 Å². The third kappa shape index (κ3) is 5.36. The van der Waals surface area contributed by atoms with E-state index in [1.165, 1.54) is 0 Å². The van der Waals surface area contributed by atoms with Crippen molar-refractivity contribution in [2.45, 2.75) is 18.9 Å². The number of amides is 1. The van der Waals surface area contributed by atoms with Gasteiger partial charge in [0, 0.05) is 5.97 Å². The highest BCUT2D eigenvalue weighted by Crippen LogP contribution is 1.96. The molecule has 1 atom stereocenters. The number of hydrogen-bond donors (Lipinski definition) is 1. The Labute approximate surface area is 84.9 Å². The summed E-state index contributed by atoms with van der Waals surface area (Å²) in [4.78, 5) is 31.1. The topological polar surface area (TPSA) is 109 Å². The van der Waals surface area contributed by atoms with Crippen molar-refractivity contribution in [3.05, 3.63) is 0 Å². The number of aliphatic carboxylic acids is 2. The minimum atomic E-state index is -1.55. The number of rotatable bonds is 6. The summed E-state index contributed by atoms with van der Waals surface area (Å²) in [6.45, 7) is 0. The summed E-state index contributed by atoms with van der Waals surface area (Å²) in [5, 5.41) is 22.4. The molecule has 0 radical (unpaired) electrons. The SMILES string of the molecule is O=C([O-])CC[C@H](NC(=O)CCl)C(=O)[O-]. The van der Waals surface area contributed by atoms with Gasteiger partial charge in [0.1, 0.15) is 5.88 Å². The lowest BCUT2D eigenvalue weighted by Gasteiger charge is -2.19. The molecule has 0 aromatic heterocycles. The quantitative estimate of drug-likeness (QED) is 0.481. The van der Waals surface area contributed by atoms with E-state index in [2.05, 4.69) is 0 Å². The summed E-state index contributed by atoms with van der Waals surface area (Å²) in [7, 11) is 0. The van der Waals surface area contributed by atoms with Crippen LogP contribution in [0.1, 0.15) is 12.8 Å². The molecule has 1 amide bonds. The van der Waals surface area contributed by atoms with E-state index in [0.717, 1.165) is 0 Å².